The van der Waals surface area contributed by atoms with E-state index in [1.807, 2.05) is 42.5 Å². The number of fused-ring (bicyclic) bond motifs is 1. The molecule has 3 amide bonds. The van der Waals surface area contributed by atoms with Gasteiger partial charge in [0.05, 0.1) is 12.6 Å². The Morgan fingerprint density at radius 3 is 2.24 bits per heavy atom. The largest absolute Gasteiger partial charge is 0.456 e. The van der Waals surface area contributed by atoms with Crippen LogP contribution in [0.3, 0.4) is 0 Å². The van der Waals surface area contributed by atoms with Gasteiger partial charge in [0.25, 0.3) is 0 Å². The summed E-state index contributed by atoms with van der Waals surface area (Å²) in [5.41, 5.74) is 1.38. The summed E-state index contributed by atoms with van der Waals surface area (Å²) in [5.74, 6) is -3.11. The average molecular weight is 462 g/mol. The Bertz CT molecular complexity index is 1180. The lowest BCUT2D eigenvalue weighted by Crippen LogP contribution is -2.51. The molecule has 0 aromatic heterocycles. The van der Waals surface area contributed by atoms with Gasteiger partial charge < -0.3 is 20.7 Å². The number of hydrogen-bond donors (Lipinski definition) is 3. The molecule has 34 heavy (non-hydrogen) atoms. The summed E-state index contributed by atoms with van der Waals surface area (Å²) < 4.78 is 4.89. The molecule has 0 spiro atoms. The number of nitrogens with one attached hydrogen (secondary N) is 3. The van der Waals surface area contributed by atoms with Crippen molar-refractivity contribution in [3.63, 3.8) is 0 Å². The minimum absolute atomic E-state index is 0.139. The molecule has 0 radical (unpaired) electrons. The highest BCUT2D eigenvalue weighted by atomic mass is 16.5. The van der Waals surface area contributed by atoms with Crippen molar-refractivity contribution in [3.05, 3.63) is 78.4 Å². The van der Waals surface area contributed by atoms with Gasteiger partial charge in [-0.25, -0.2) is 4.79 Å². The lowest BCUT2D eigenvalue weighted by molar-refractivity contribution is -0.158. The molecule has 0 saturated heterocycles. The number of hydrogen-bond acceptors (Lipinski definition) is 5. The maximum Gasteiger partial charge on any atom is 0.397 e. The van der Waals surface area contributed by atoms with Crippen molar-refractivity contribution in [3.8, 4) is 0 Å². The second-order valence-corrected chi connectivity index (χ2v) is 8.00. The zero-order chi connectivity index (χ0) is 24.5. The normalized spacial score (nSPS) is 11.5. The van der Waals surface area contributed by atoms with Gasteiger partial charge in [-0.05, 0) is 42.3 Å². The van der Waals surface area contributed by atoms with Crippen molar-refractivity contribution in [2.75, 3.05) is 11.9 Å². The molecule has 0 bridgehead atoms. The lowest BCUT2D eigenvalue weighted by Gasteiger charge is -2.18. The summed E-state index contributed by atoms with van der Waals surface area (Å²) in [6, 6.07) is 21.2. The maximum atomic E-state index is 12.8. The summed E-state index contributed by atoms with van der Waals surface area (Å²) in [6.07, 6.45) is -0.335. The van der Waals surface area contributed by atoms with E-state index in [2.05, 4.69) is 16.0 Å². The van der Waals surface area contributed by atoms with E-state index in [4.69, 9.17) is 4.74 Å². The average Bonchev–Trinajstić information content (AvgIpc) is 2.82. The SMILES string of the molecule is CC(C)OC(=O)C(=O)NC(Cc1ccccc1)C(=O)NCC(=O)Nc1ccc2ccccc2c1. The van der Waals surface area contributed by atoms with Crippen LogP contribution in [0.15, 0.2) is 72.8 Å². The van der Waals surface area contributed by atoms with E-state index in [1.165, 1.54) is 0 Å². The third kappa shape index (κ3) is 7.16. The second kappa shape index (κ2) is 11.6. The van der Waals surface area contributed by atoms with E-state index in [0.29, 0.717) is 5.69 Å². The van der Waals surface area contributed by atoms with Gasteiger partial charge in [-0.2, -0.15) is 0 Å². The molecular formula is C26H27N3O5. The van der Waals surface area contributed by atoms with E-state index in [0.717, 1.165) is 16.3 Å². The molecule has 8 heteroatoms. The first-order chi connectivity index (χ1) is 16.3. The third-order valence-corrected chi connectivity index (χ3v) is 4.89. The molecule has 1 unspecified atom stereocenters. The summed E-state index contributed by atoms with van der Waals surface area (Å²) in [6.45, 7) is 2.93. The first-order valence-electron chi connectivity index (χ1n) is 10.9. The molecule has 1 atom stereocenters. The molecule has 0 fully saturated rings. The van der Waals surface area contributed by atoms with E-state index in [-0.39, 0.29) is 13.0 Å². The van der Waals surface area contributed by atoms with Crippen molar-refractivity contribution in [1.29, 1.82) is 0 Å². The van der Waals surface area contributed by atoms with Crippen LogP contribution in [-0.4, -0.2) is 42.4 Å². The smallest absolute Gasteiger partial charge is 0.397 e. The molecule has 3 aromatic rings. The van der Waals surface area contributed by atoms with E-state index >= 15 is 0 Å². The van der Waals surface area contributed by atoms with Crippen LogP contribution in [0, 0.1) is 0 Å². The predicted molar refractivity (Wildman–Crippen MR) is 129 cm³/mol. The number of benzene rings is 3. The van der Waals surface area contributed by atoms with Crippen LogP contribution in [0.2, 0.25) is 0 Å². The van der Waals surface area contributed by atoms with Crippen molar-refractivity contribution >= 4 is 40.2 Å². The Labute approximate surface area is 197 Å². The Balaban J connectivity index is 1.61. The number of carbonyl (C=O) groups excluding carboxylic acids is 4. The van der Waals surface area contributed by atoms with Gasteiger partial charge in [0.2, 0.25) is 11.8 Å². The number of amides is 3. The molecule has 3 rings (SSSR count). The zero-order valence-corrected chi connectivity index (χ0v) is 19.0. The highest BCUT2D eigenvalue weighted by Crippen LogP contribution is 2.18. The topological polar surface area (TPSA) is 114 Å². The molecule has 0 heterocycles. The molecule has 3 aromatic carbocycles. The van der Waals surface area contributed by atoms with E-state index in [1.54, 1.807) is 44.2 Å². The molecule has 176 valence electrons. The van der Waals surface area contributed by atoms with Crippen molar-refractivity contribution in [1.82, 2.24) is 10.6 Å². The molecule has 3 N–H and O–H groups in total. The number of esters is 1. The first kappa shape index (κ1) is 24.4. The van der Waals surface area contributed by atoms with Gasteiger partial charge in [-0.15, -0.1) is 0 Å². The highest BCUT2D eigenvalue weighted by molar-refractivity contribution is 6.33. The fourth-order valence-corrected chi connectivity index (χ4v) is 3.31. The standard InChI is InChI=1S/C26H27N3O5/c1-17(2)34-26(33)25(32)29-22(14-18-8-4-3-5-9-18)24(31)27-16-23(30)28-21-13-12-19-10-6-7-11-20(19)15-21/h3-13,15,17,22H,14,16H2,1-2H3,(H,27,31)(H,28,30)(H,29,32). The van der Waals surface area contributed by atoms with Crippen molar-refractivity contribution in [2.45, 2.75) is 32.4 Å². The van der Waals surface area contributed by atoms with Gasteiger partial charge in [0.1, 0.15) is 6.04 Å². The van der Waals surface area contributed by atoms with Crippen LogP contribution in [0.25, 0.3) is 10.8 Å². The maximum absolute atomic E-state index is 12.8. The second-order valence-electron chi connectivity index (χ2n) is 8.00. The highest BCUT2D eigenvalue weighted by Gasteiger charge is 2.26. The van der Waals surface area contributed by atoms with Gasteiger partial charge in [-0.1, -0.05) is 60.7 Å². The number of carbonyl (C=O) groups is 4. The molecule has 0 aliphatic rings. The Morgan fingerprint density at radius 1 is 0.853 bits per heavy atom. The summed E-state index contributed by atoms with van der Waals surface area (Å²) >= 11 is 0. The van der Waals surface area contributed by atoms with E-state index in [9.17, 15) is 19.2 Å². The molecule has 8 nitrogen and oxygen atoms in total. The van der Waals surface area contributed by atoms with Crippen molar-refractivity contribution < 1.29 is 23.9 Å². The van der Waals surface area contributed by atoms with Crippen LogP contribution in [0.1, 0.15) is 19.4 Å². The summed E-state index contributed by atoms with van der Waals surface area (Å²) in [5, 5.41) is 9.70. The van der Waals surface area contributed by atoms with Gasteiger partial charge >= 0.3 is 11.9 Å². The monoisotopic (exact) mass is 461 g/mol. The Morgan fingerprint density at radius 2 is 1.53 bits per heavy atom. The van der Waals surface area contributed by atoms with Crippen LogP contribution in [-0.2, 0) is 30.3 Å². The van der Waals surface area contributed by atoms with Crippen molar-refractivity contribution in [2.24, 2.45) is 0 Å². The fourth-order valence-electron chi connectivity index (χ4n) is 3.31. The predicted octanol–water partition coefficient (Wildman–Crippen LogP) is 2.57. The third-order valence-electron chi connectivity index (χ3n) is 4.89. The molecule has 0 aliphatic carbocycles. The van der Waals surface area contributed by atoms with Crippen LogP contribution >= 0.6 is 0 Å². The Kier molecular flexibility index (Phi) is 8.34. The summed E-state index contributed by atoms with van der Waals surface area (Å²) in [4.78, 5) is 49.3. The van der Waals surface area contributed by atoms with Gasteiger partial charge in [0.15, 0.2) is 0 Å². The first-order valence-corrected chi connectivity index (χ1v) is 10.9. The van der Waals surface area contributed by atoms with Crippen LogP contribution in [0.4, 0.5) is 5.69 Å². The van der Waals surface area contributed by atoms with Gasteiger partial charge in [0, 0.05) is 12.1 Å². The quantitative estimate of drug-likeness (QED) is 0.353. The van der Waals surface area contributed by atoms with Crippen LogP contribution in [0.5, 0.6) is 0 Å². The Hall–Kier alpha value is -4.20. The molecular weight excluding hydrogens is 434 g/mol. The zero-order valence-electron chi connectivity index (χ0n) is 19.0. The van der Waals surface area contributed by atoms with Crippen LogP contribution < -0.4 is 16.0 Å². The molecule has 0 saturated carbocycles. The summed E-state index contributed by atoms with van der Waals surface area (Å²) in [7, 11) is 0. The number of anilines is 1. The lowest BCUT2D eigenvalue weighted by atomic mass is 10.1. The minimum Gasteiger partial charge on any atom is -0.456 e. The number of rotatable bonds is 8. The minimum atomic E-state index is -1.07. The van der Waals surface area contributed by atoms with E-state index < -0.39 is 35.8 Å². The molecule has 0 aliphatic heterocycles. The van der Waals surface area contributed by atoms with Gasteiger partial charge in [-0.3, -0.25) is 14.4 Å². The number of ether oxygens (including phenoxy) is 1. The fraction of sp³-hybridized carbons (Fsp3) is 0.231.